The molecular formula is C30H48O3. The fraction of sp³-hybridized carbons (Fsp3) is 0.900. The summed E-state index contributed by atoms with van der Waals surface area (Å²) in [5.41, 5.74) is 1.35. The number of carboxylic acids is 1. The molecule has 5 aliphatic carbocycles. The fourth-order valence-electron chi connectivity index (χ4n) is 11.5. The summed E-state index contributed by atoms with van der Waals surface area (Å²) in [6.07, 6.45) is 10.5. The maximum absolute atomic E-state index is 12.8. The Hall–Kier alpha value is -0.830. The van der Waals surface area contributed by atoms with E-state index >= 15 is 0 Å². The second-order valence-electron chi connectivity index (χ2n) is 14.5. The molecule has 0 amide bonds. The van der Waals surface area contributed by atoms with Crippen LogP contribution < -0.4 is 0 Å². The van der Waals surface area contributed by atoms with E-state index in [0.29, 0.717) is 23.7 Å². The number of carboxylic acid groups (broad SMARTS) is 1. The minimum absolute atomic E-state index is 0.0202. The van der Waals surface area contributed by atoms with E-state index in [1.54, 1.807) is 0 Å². The van der Waals surface area contributed by atoms with Gasteiger partial charge in [-0.2, -0.15) is 0 Å². The molecule has 0 aromatic heterocycles. The summed E-state index contributed by atoms with van der Waals surface area (Å²) in [5.74, 6) is 1.79. The van der Waals surface area contributed by atoms with Crippen molar-refractivity contribution in [3.05, 3.63) is 12.2 Å². The third-order valence-corrected chi connectivity index (χ3v) is 13.5. The first kappa shape index (κ1) is 23.9. The minimum atomic E-state index is -0.538. The van der Waals surface area contributed by atoms with E-state index in [-0.39, 0.29) is 33.7 Å². The maximum atomic E-state index is 12.8. The monoisotopic (exact) mass is 456 g/mol. The molecule has 0 heterocycles. The highest BCUT2D eigenvalue weighted by Crippen LogP contribution is 2.77. The van der Waals surface area contributed by atoms with Crippen molar-refractivity contribution in [2.75, 3.05) is 0 Å². The van der Waals surface area contributed by atoms with Crippen LogP contribution >= 0.6 is 0 Å². The molecule has 33 heavy (non-hydrogen) atoms. The van der Waals surface area contributed by atoms with Crippen molar-refractivity contribution in [2.24, 2.45) is 56.7 Å². The highest BCUT2D eigenvalue weighted by atomic mass is 16.4. The number of carbonyl (C=O) groups is 1. The molecule has 0 aliphatic heterocycles. The molecule has 5 rings (SSSR count). The van der Waals surface area contributed by atoms with Crippen molar-refractivity contribution >= 4 is 5.97 Å². The lowest BCUT2D eigenvalue weighted by molar-refractivity contribution is -0.248. The lowest BCUT2D eigenvalue weighted by atomic mass is 9.32. The molecule has 3 nitrogen and oxygen atoms in total. The van der Waals surface area contributed by atoms with Crippen molar-refractivity contribution in [1.82, 2.24) is 0 Å². The summed E-state index contributed by atoms with van der Waals surface area (Å²) >= 11 is 0. The zero-order valence-corrected chi connectivity index (χ0v) is 22.0. The Balaban J connectivity index is 1.57. The number of allylic oxidation sites excluding steroid dienone is 1. The Morgan fingerprint density at radius 2 is 1.52 bits per heavy atom. The van der Waals surface area contributed by atoms with Gasteiger partial charge in [-0.15, -0.1) is 0 Å². The molecule has 0 aromatic rings. The molecule has 0 saturated heterocycles. The van der Waals surface area contributed by atoms with Gasteiger partial charge in [-0.25, -0.2) is 0 Å². The quantitative estimate of drug-likeness (QED) is 0.436. The lowest BCUT2D eigenvalue weighted by Crippen LogP contribution is -2.67. The van der Waals surface area contributed by atoms with Crippen molar-refractivity contribution in [3.8, 4) is 0 Å². The van der Waals surface area contributed by atoms with E-state index in [2.05, 4.69) is 48.1 Å². The van der Waals surface area contributed by atoms with Gasteiger partial charge in [0.1, 0.15) is 0 Å². The number of rotatable bonds is 2. The van der Waals surface area contributed by atoms with E-state index < -0.39 is 11.4 Å². The Morgan fingerprint density at radius 1 is 0.818 bits per heavy atom. The van der Waals surface area contributed by atoms with Crippen molar-refractivity contribution < 1.29 is 15.0 Å². The first-order valence-corrected chi connectivity index (χ1v) is 13.8. The molecule has 2 N–H and O–H groups in total. The molecule has 5 fully saturated rings. The number of aliphatic hydroxyl groups is 1. The van der Waals surface area contributed by atoms with Crippen LogP contribution in [0.25, 0.3) is 0 Å². The Bertz CT molecular complexity index is 861. The van der Waals surface area contributed by atoms with E-state index in [1.807, 2.05) is 0 Å². The Morgan fingerprint density at radius 3 is 2.15 bits per heavy atom. The molecule has 5 unspecified atom stereocenters. The van der Waals surface area contributed by atoms with Crippen LogP contribution in [-0.2, 0) is 4.79 Å². The van der Waals surface area contributed by atoms with Gasteiger partial charge in [0.25, 0.3) is 0 Å². The summed E-state index contributed by atoms with van der Waals surface area (Å²) in [4.78, 5) is 12.8. The molecule has 0 bridgehead atoms. The first-order chi connectivity index (χ1) is 15.3. The molecule has 5 saturated carbocycles. The van der Waals surface area contributed by atoms with Gasteiger partial charge in [0.15, 0.2) is 0 Å². The highest BCUT2D eigenvalue weighted by molar-refractivity contribution is 5.76. The largest absolute Gasteiger partial charge is 0.481 e. The number of aliphatic hydroxyl groups excluding tert-OH is 1. The van der Waals surface area contributed by atoms with E-state index in [1.165, 1.54) is 31.3 Å². The van der Waals surface area contributed by atoms with Crippen molar-refractivity contribution in [3.63, 3.8) is 0 Å². The van der Waals surface area contributed by atoms with Crippen molar-refractivity contribution in [1.29, 1.82) is 0 Å². The fourth-order valence-corrected chi connectivity index (χ4v) is 11.5. The van der Waals surface area contributed by atoms with Crippen LogP contribution in [0.4, 0.5) is 0 Å². The van der Waals surface area contributed by atoms with Gasteiger partial charge in [-0.1, -0.05) is 46.8 Å². The summed E-state index contributed by atoms with van der Waals surface area (Å²) in [6.45, 7) is 18.8. The van der Waals surface area contributed by atoms with E-state index in [0.717, 1.165) is 38.5 Å². The summed E-state index contributed by atoms with van der Waals surface area (Å²) in [5, 5.41) is 21.4. The zero-order valence-electron chi connectivity index (χ0n) is 22.0. The zero-order chi connectivity index (χ0) is 24.2. The molecule has 0 spiro atoms. The molecule has 10 atom stereocenters. The van der Waals surface area contributed by atoms with Crippen LogP contribution in [0.1, 0.15) is 106 Å². The van der Waals surface area contributed by atoms with Gasteiger partial charge in [-0.3, -0.25) is 4.79 Å². The first-order valence-electron chi connectivity index (χ1n) is 13.8. The Kier molecular flexibility index (Phi) is 5.15. The predicted octanol–water partition coefficient (Wildman–Crippen LogP) is 7.09. The molecule has 0 aromatic carbocycles. The maximum Gasteiger partial charge on any atom is 0.309 e. The topological polar surface area (TPSA) is 57.5 Å². The van der Waals surface area contributed by atoms with Gasteiger partial charge >= 0.3 is 5.97 Å². The number of hydrogen-bond donors (Lipinski definition) is 2. The Labute approximate surface area is 201 Å². The van der Waals surface area contributed by atoms with Crippen LogP contribution in [0, 0.1) is 56.7 Å². The van der Waals surface area contributed by atoms with Crippen LogP contribution in [0.2, 0.25) is 0 Å². The van der Waals surface area contributed by atoms with Crippen LogP contribution in [0.15, 0.2) is 12.2 Å². The third kappa shape index (κ3) is 2.75. The molecule has 5 aliphatic rings. The average molecular weight is 457 g/mol. The van der Waals surface area contributed by atoms with Crippen molar-refractivity contribution in [2.45, 2.75) is 112 Å². The van der Waals surface area contributed by atoms with Gasteiger partial charge < -0.3 is 10.2 Å². The summed E-state index contributed by atoms with van der Waals surface area (Å²) in [6, 6.07) is 0. The standard InChI is InChI=1S/C30H48O3/c1-18(2)19-10-15-30(25(32)33)17-16-28(6)20(24(19)30)8-9-22-27(5)13-12-23(31)26(3,4)21(27)11-14-29(22,28)7/h19-24,31H,1,8-17H2,2-7H3,(H,32,33)/t19-,20?,21?,22?,23?,24?,27+,28-,29-,30+/m1/s1. The van der Waals surface area contributed by atoms with Crippen LogP contribution in [-0.4, -0.2) is 22.3 Å². The molecule has 3 heteroatoms. The minimum Gasteiger partial charge on any atom is -0.481 e. The highest BCUT2D eigenvalue weighted by Gasteiger charge is 2.71. The normalized spacial score (nSPS) is 55.0. The molecule has 0 radical (unpaired) electrons. The van der Waals surface area contributed by atoms with Gasteiger partial charge in [0, 0.05) is 0 Å². The van der Waals surface area contributed by atoms with Gasteiger partial charge in [0.2, 0.25) is 0 Å². The number of hydrogen-bond acceptors (Lipinski definition) is 2. The summed E-state index contributed by atoms with van der Waals surface area (Å²) in [7, 11) is 0. The van der Waals surface area contributed by atoms with E-state index in [4.69, 9.17) is 0 Å². The molecule has 186 valence electrons. The van der Waals surface area contributed by atoms with Crippen LogP contribution in [0.5, 0.6) is 0 Å². The number of fused-ring (bicyclic) bond motifs is 7. The predicted molar refractivity (Wildman–Crippen MR) is 133 cm³/mol. The number of aliphatic carboxylic acids is 1. The third-order valence-electron chi connectivity index (χ3n) is 13.5. The van der Waals surface area contributed by atoms with Gasteiger partial charge in [0.05, 0.1) is 11.5 Å². The second-order valence-corrected chi connectivity index (χ2v) is 14.5. The van der Waals surface area contributed by atoms with Gasteiger partial charge in [-0.05, 0) is 122 Å². The SMILES string of the molecule is C=C(C)[C@H]1CC[C@]2(C(=O)O)CC[C@]3(C)C(CCC4[C@@]5(C)CCC(O)C(C)(C)C5CC[C@]43C)C12. The average Bonchev–Trinajstić information content (AvgIpc) is 3.13. The van der Waals surface area contributed by atoms with Crippen LogP contribution in [0.3, 0.4) is 0 Å². The summed E-state index contributed by atoms with van der Waals surface area (Å²) < 4.78 is 0. The van der Waals surface area contributed by atoms with E-state index in [9.17, 15) is 15.0 Å². The smallest absolute Gasteiger partial charge is 0.309 e. The second kappa shape index (κ2) is 7.11. The molecular weight excluding hydrogens is 408 g/mol. The lowest BCUT2D eigenvalue weighted by Gasteiger charge is -2.72.